The quantitative estimate of drug-likeness (QED) is 0.274. The van der Waals surface area contributed by atoms with E-state index in [0.717, 1.165) is 31.3 Å². The van der Waals surface area contributed by atoms with Gasteiger partial charge in [-0.05, 0) is 64.4 Å². The predicted molar refractivity (Wildman–Crippen MR) is 124 cm³/mol. The fraction of sp³-hybridized carbons (Fsp3) is 0.667. The fourth-order valence-corrected chi connectivity index (χ4v) is 3.88. The highest BCUT2D eigenvalue weighted by molar-refractivity contribution is 6.29. The van der Waals surface area contributed by atoms with Gasteiger partial charge < -0.3 is 14.4 Å². The van der Waals surface area contributed by atoms with Crippen molar-refractivity contribution in [2.45, 2.75) is 91.7 Å². The molecule has 0 radical (unpaired) electrons. The van der Waals surface area contributed by atoms with Gasteiger partial charge in [-0.1, -0.05) is 49.6 Å². The molecule has 0 bridgehead atoms. The maximum absolute atomic E-state index is 11.8. The Bertz CT molecular complexity index is 697. The van der Waals surface area contributed by atoms with E-state index >= 15 is 0 Å². The summed E-state index contributed by atoms with van der Waals surface area (Å²) in [5.41, 5.74) is 2.31. The molecule has 0 saturated heterocycles. The van der Waals surface area contributed by atoms with Crippen molar-refractivity contribution in [3.63, 3.8) is 0 Å². The molecule has 170 valence electrons. The van der Waals surface area contributed by atoms with Crippen LogP contribution in [0.5, 0.6) is 0 Å². The molecule has 0 spiro atoms. The first-order valence-corrected chi connectivity index (χ1v) is 11.5. The van der Waals surface area contributed by atoms with Crippen molar-refractivity contribution in [3.05, 3.63) is 41.0 Å². The Labute approximate surface area is 187 Å². The Balaban J connectivity index is 2.49. The van der Waals surface area contributed by atoms with Crippen LogP contribution in [0.25, 0.3) is 0 Å². The third-order valence-corrected chi connectivity index (χ3v) is 5.81. The maximum atomic E-state index is 11.8. The van der Waals surface area contributed by atoms with Crippen LogP contribution in [0.4, 0.5) is 0 Å². The standard InChI is InChI=1S/C24H39ClN2O3/c1-6-10-20(15-18(4)7-2)12-9-11-19(5)21(28)13-14-23-26-16-22(25)27(23)17-24(29)30-8-3/h7,16,20-21,28H,5-6,8-15,17H2,1-4H3/b18-7+. The van der Waals surface area contributed by atoms with E-state index in [1.165, 1.54) is 24.6 Å². The number of aromatic nitrogens is 2. The van der Waals surface area contributed by atoms with Gasteiger partial charge in [-0.15, -0.1) is 0 Å². The van der Waals surface area contributed by atoms with Gasteiger partial charge in [0.15, 0.2) is 0 Å². The molecule has 1 rings (SSSR count). The molecule has 0 saturated carbocycles. The van der Waals surface area contributed by atoms with Gasteiger partial charge in [0.05, 0.1) is 18.9 Å². The van der Waals surface area contributed by atoms with Crippen molar-refractivity contribution in [1.29, 1.82) is 0 Å². The molecule has 0 aliphatic heterocycles. The summed E-state index contributed by atoms with van der Waals surface area (Å²) < 4.78 is 6.62. The summed E-state index contributed by atoms with van der Waals surface area (Å²) >= 11 is 6.15. The summed E-state index contributed by atoms with van der Waals surface area (Å²) in [6.07, 6.45) is 10.8. The minimum absolute atomic E-state index is 0.0312. The average molecular weight is 439 g/mol. The number of aliphatic hydroxyl groups excluding tert-OH is 1. The van der Waals surface area contributed by atoms with Crippen LogP contribution in [-0.2, 0) is 22.5 Å². The fourth-order valence-electron chi connectivity index (χ4n) is 3.68. The number of imidazole rings is 1. The molecular formula is C24H39ClN2O3. The maximum Gasteiger partial charge on any atom is 0.326 e. The molecule has 1 heterocycles. The van der Waals surface area contributed by atoms with Crippen molar-refractivity contribution in [3.8, 4) is 0 Å². The number of hydrogen-bond acceptors (Lipinski definition) is 4. The van der Waals surface area contributed by atoms with Crippen LogP contribution < -0.4 is 0 Å². The summed E-state index contributed by atoms with van der Waals surface area (Å²) in [7, 11) is 0. The van der Waals surface area contributed by atoms with Crippen LogP contribution in [0.2, 0.25) is 5.15 Å². The van der Waals surface area contributed by atoms with Gasteiger partial charge in [0.1, 0.15) is 17.5 Å². The van der Waals surface area contributed by atoms with E-state index in [-0.39, 0.29) is 12.5 Å². The summed E-state index contributed by atoms with van der Waals surface area (Å²) in [6, 6.07) is 0. The average Bonchev–Trinajstić information content (AvgIpc) is 3.05. The first-order valence-electron chi connectivity index (χ1n) is 11.1. The Hall–Kier alpha value is -1.59. The topological polar surface area (TPSA) is 64.4 Å². The second-order valence-electron chi connectivity index (χ2n) is 7.99. The number of carbonyl (C=O) groups excluding carboxylic acids is 1. The van der Waals surface area contributed by atoms with Crippen molar-refractivity contribution < 1.29 is 14.6 Å². The Morgan fingerprint density at radius 2 is 2.10 bits per heavy atom. The molecule has 6 heteroatoms. The van der Waals surface area contributed by atoms with Gasteiger partial charge in [0, 0.05) is 6.42 Å². The minimum Gasteiger partial charge on any atom is -0.465 e. The predicted octanol–water partition coefficient (Wildman–Crippen LogP) is 5.89. The molecule has 5 nitrogen and oxygen atoms in total. The Morgan fingerprint density at radius 3 is 2.73 bits per heavy atom. The molecule has 0 aliphatic rings. The van der Waals surface area contributed by atoms with Crippen LogP contribution in [0.3, 0.4) is 0 Å². The minimum atomic E-state index is -0.585. The molecular weight excluding hydrogens is 400 g/mol. The zero-order valence-corrected chi connectivity index (χ0v) is 19.9. The smallest absolute Gasteiger partial charge is 0.326 e. The van der Waals surface area contributed by atoms with Crippen molar-refractivity contribution >= 4 is 17.6 Å². The van der Waals surface area contributed by atoms with E-state index in [9.17, 15) is 9.90 Å². The monoisotopic (exact) mass is 438 g/mol. The van der Waals surface area contributed by atoms with Crippen molar-refractivity contribution in [2.24, 2.45) is 5.92 Å². The number of esters is 1. The number of rotatable bonds is 15. The van der Waals surface area contributed by atoms with Crippen LogP contribution in [-0.4, -0.2) is 33.3 Å². The molecule has 0 aromatic carbocycles. The highest BCUT2D eigenvalue weighted by Crippen LogP contribution is 2.25. The summed E-state index contributed by atoms with van der Waals surface area (Å²) in [6.45, 7) is 12.8. The second kappa shape index (κ2) is 14.4. The van der Waals surface area contributed by atoms with E-state index < -0.39 is 6.10 Å². The van der Waals surface area contributed by atoms with Gasteiger partial charge in [-0.25, -0.2) is 4.98 Å². The first kappa shape index (κ1) is 26.4. The SMILES string of the molecule is C=C(CCCC(CCC)C/C(C)=C/C)C(O)CCc1ncc(Cl)n1CC(=O)OCC. The zero-order chi connectivity index (χ0) is 22.5. The molecule has 0 aliphatic carbocycles. The van der Waals surface area contributed by atoms with Crippen LogP contribution in [0.1, 0.15) is 78.5 Å². The number of nitrogens with zero attached hydrogens (tertiary/aromatic N) is 2. The number of carbonyl (C=O) groups is 1. The van der Waals surface area contributed by atoms with E-state index in [4.69, 9.17) is 16.3 Å². The lowest BCUT2D eigenvalue weighted by molar-refractivity contribution is -0.143. The molecule has 1 N–H and O–H groups in total. The number of ether oxygens (including phenoxy) is 1. The summed E-state index contributed by atoms with van der Waals surface area (Å²) in [5, 5.41) is 10.9. The van der Waals surface area contributed by atoms with E-state index in [1.54, 1.807) is 11.5 Å². The van der Waals surface area contributed by atoms with Crippen molar-refractivity contribution in [2.75, 3.05) is 6.61 Å². The molecule has 0 amide bonds. The number of aliphatic hydroxyl groups is 1. The number of halogens is 1. The van der Waals surface area contributed by atoms with E-state index in [1.807, 2.05) is 0 Å². The molecule has 2 unspecified atom stereocenters. The largest absolute Gasteiger partial charge is 0.465 e. The summed E-state index contributed by atoms with van der Waals surface area (Å²) in [5.74, 6) is 1.02. The van der Waals surface area contributed by atoms with Gasteiger partial charge in [-0.2, -0.15) is 0 Å². The lowest BCUT2D eigenvalue weighted by atomic mass is 9.89. The Morgan fingerprint density at radius 1 is 1.37 bits per heavy atom. The zero-order valence-electron chi connectivity index (χ0n) is 19.1. The molecule has 1 aromatic heterocycles. The molecule has 0 fully saturated rings. The van der Waals surface area contributed by atoms with Gasteiger partial charge in [0.25, 0.3) is 0 Å². The Kier molecular flexibility index (Phi) is 12.7. The van der Waals surface area contributed by atoms with E-state index in [0.29, 0.717) is 36.3 Å². The summed E-state index contributed by atoms with van der Waals surface area (Å²) in [4.78, 5) is 16.0. The number of aryl methyl sites for hydroxylation is 1. The van der Waals surface area contributed by atoms with Gasteiger partial charge >= 0.3 is 5.97 Å². The second-order valence-corrected chi connectivity index (χ2v) is 8.37. The van der Waals surface area contributed by atoms with E-state index in [2.05, 4.69) is 38.4 Å². The van der Waals surface area contributed by atoms with Crippen LogP contribution >= 0.6 is 11.6 Å². The molecule has 30 heavy (non-hydrogen) atoms. The van der Waals surface area contributed by atoms with Crippen LogP contribution in [0, 0.1) is 5.92 Å². The first-order chi connectivity index (χ1) is 14.3. The lowest BCUT2D eigenvalue weighted by Gasteiger charge is -2.18. The van der Waals surface area contributed by atoms with Gasteiger partial charge in [-0.3, -0.25) is 4.79 Å². The molecule has 1 aromatic rings. The van der Waals surface area contributed by atoms with Crippen LogP contribution in [0.15, 0.2) is 30.0 Å². The number of hydrogen-bond donors (Lipinski definition) is 1. The van der Waals surface area contributed by atoms with Gasteiger partial charge in [0.2, 0.25) is 0 Å². The highest BCUT2D eigenvalue weighted by atomic mass is 35.5. The number of allylic oxidation sites excluding steroid dienone is 2. The molecule has 2 atom stereocenters. The third-order valence-electron chi connectivity index (χ3n) is 5.51. The van der Waals surface area contributed by atoms with Crippen molar-refractivity contribution in [1.82, 2.24) is 9.55 Å². The normalized spacial score (nSPS) is 13.9. The highest BCUT2D eigenvalue weighted by Gasteiger charge is 2.16. The third kappa shape index (κ3) is 9.48. The lowest BCUT2D eigenvalue weighted by Crippen LogP contribution is -2.17.